The van der Waals surface area contributed by atoms with Crippen LogP contribution in [-0.2, 0) is 0 Å². The van der Waals surface area contributed by atoms with Crippen molar-refractivity contribution >= 4 is 45.8 Å². The summed E-state index contributed by atoms with van der Waals surface area (Å²) in [5, 5.41) is 4.26. The number of benzene rings is 4. The number of halogens is 2. The highest BCUT2D eigenvalue weighted by Gasteiger charge is 2.39. The molecule has 4 aromatic carbocycles. The lowest BCUT2D eigenvalue weighted by molar-refractivity contribution is 0.0888. The van der Waals surface area contributed by atoms with E-state index in [-0.39, 0.29) is 11.8 Å². The van der Waals surface area contributed by atoms with Crippen LogP contribution in [0.2, 0.25) is 10.0 Å². The van der Waals surface area contributed by atoms with E-state index in [0.29, 0.717) is 21.2 Å². The summed E-state index contributed by atoms with van der Waals surface area (Å²) in [4.78, 5) is 27.2. The minimum Gasteiger partial charge on any atom is -0.267 e. The summed E-state index contributed by atoms with van der Waals surface area (Å²) in [5.41, 5.74) is 3.89. The zero-order valence-electron chi connectivity index (χ0n) is 17.7. The van der Waals surface area contributed by atoms with Gasteiger partial charge in [-0.3, -0.25) is 9.59 Å². The molecule has 34 heavy (non-hydrogen) atoms. The van der Waals surface area contributed by atoms with Gasteiger partial charge in [0.1, 0.15) is 0 Å². The van der Waals surface area contributed by atoms with Crippen molar-refractivity contribution in [3.8, 4) is 22.5 Å². The fraction of sp³-hybridized carbons (Fsp3) is 0. The molecule has 2 amide bonds. The molecule has 0 fully saturated rings. The highest BCUT2D eigenvalue weighted by molar-refractivity contribution is 6.32. The van der Waals surface area contributed by atoms with Gasteiger partial charge in [0.05, 0.1) is 22.5 Å². The van der Waals surface area contributed by atoms with Crippen LogP contribution in [0.5, 0.6) is 0 Å². The second-order valence-corrected chi connectivity index (χ2v) is 8.91. The molecule has 1 aliphatic heterocycles. The molecular weight excluding hydrogens is 467 g/mol. The lowest BCUT2D eigenvalue weighted by Gasteiger charge is -2.22. The molecule has 164 valence electrons. The lowest BCUT2D eigenvalue weighted by atomic mass is 10.0. The van der Waals surface area contributed by atoms with Gasteiger partial charge in [-0.05, 0) is 36.4 Å². The van der Waals surface area contributed by atoms with Crippen molar-refractivity contribution in [1.29, 1.82) is 0 Å². The molecule has 1 aliphatic rings. The molecule has 6 heteroatoms. The molecule has 2 heterocycles. The van der Waals surface area contributed by atoms with Gasteiger partial charge in [-0.1, -0.05) is 83.9 Å². The summed E-state index contributed by atoms with van der Waals surface area (Å²) < 4.78 is 1.74. The SMILES string of the molecule is O=C1c2ccccc2C(=O)N1n1c(-c2ccc(Cl)cc2)c2ccccc2c1-c1ccc(Cl)cc1. The lowest BCUT2D eigenvalue weighted by Crippen LogP contribution is -2.40. The zero-order valence-corrected chi connectivity index (χ0v) is 19.2. The Balaban J connectivity index is 1.73. The number of aromatic nitrogens is 1. The summed E-state index contributed by atoms with van der Waals surface area (Å²) in [5.74, 6) is -0.738. The van der Waals surface area contributed by atoms with E-state index in [2.05, 4.69) is 0 Å². The fourth-order valence-corrected chi connectivity index (χ4v) is 4.82. The zero-order chi connectivity index (χ0) is 23.4. The third kappa shape index (κ3) is 3.07. The quantitative estimate of drug-likeness (QED) is 0.255. The normalized spacial score (nSPS) is 13.1. The predicted molar refractivity (Wildman–Crippen MR) is 136 cm³/mol. The first-order valence-electron chi connectivity index (χ1n) is 10.7. The van der Waals surface area contributed by atoms with E-state index in [1.165, 1.54) is 5.01 Å². The predicted octanol–water partition coefficient (Wildman–Crippen LogP) is 7.21. The van der Waals surface area contributed by atoms with Crippen LogP contribution >= 0.6 is 23.2 Å². The fourth-order valence-electron chi connectivity index (χ4n) is 4.57. The molecule has 0 spiro atoms. The maximum absolute atomic E-state index is 13.6. The molecule has 0 saturated carbocycles. The van der Waals surface area contributed by atoms with Crippen LogP contribution in [0.25, 0.3) is 33.3 Å². The maximum atomic E-state index is 13.6. The average molecular weight is 483 g/mol. The third-order valence-electron chi connectivity index (χ3n) is 6.07. The van der Waals surface area contributed by atoms with E-state index >= 15 is 0 Å². The van der Waals surface area contributed by atoms with Crippen LogP contribution in [-0.4, -0.2) is 16.5 Å². The molecule has 0 atom stereocenters. The standard InChI is InChI=1S/C28H16Cl2N2O2/c29-19-13-9-17(10-14-19)25-21-5-1-2-6-22(21)26(18-11-15-20(30)16-12-18)31(25)32-27(33)23-7-3-4-8-24(23)28(32)34/h1-16H. The molecule has 1 aromatic heterocycles. The maximum Gasteiger partial charge on any atom is 0.281 e. The van der Waals surface area contributed by atoms with Crippen LogP contribution in [0.15, 0.2) is 97.1 Å². The van der Waals surface area contributed by atoms with Gasteiger partial charge in [0.15, 0.2) is 0 Å². The van der Waals surface area contributed by atoms with Crippen molar-refractivity contribution in [3.63, 3.8) is 0 Å². The van der Waals surface area contributed by atoms with E-state index < -0.39 is 0 Å². The Labute approximate surface area is 205 Å². The number of nitrogens with zero attached hydrogens (tertiary/aromatic N) is 2. The van der Waals surface area contributed by atoms with E-state index in [9.17, 15) is 9.59 Å². The largest absolute Gasteiger partial charge is 0.281 e. The van der Waals surface area contributed by atoms with Crippen LogP contribution in [0.3, 0.4) is 0 Å². The molecule has 0 N–H and O–H groups in total. The average Bonchev–Trinajstić information content (AvgIpc) is 3.32. The number of rotatable bonds is 3. The Morgan fingerprint density at radius 1 is 0.500 bits per heavy atom. The summed E-state index contributed by atoms with van der Waals surface area (Å²) in [6, 6.07) is 29.5. The van der Waals surface area contributed by atoms with E-state index in [1.807, 2.05) is 48.5 Å². The first-order chi connectivity index (χ1) is 16.5. The minimum absolute atomic E-state index is 0.369. The summed E-state index contributed by atoms with van der Waals surface area (Å²) in [7, 11) is 0. The number of hydrogen-bond acceptors (Lipinski definition) is 2. The number of hydrogen-bond donors (Lipinski definition) is 0. The second kappa shape index (κ2) is 7.87. The number of imide groups is 1. The monoisotopic (exact) mass is 482 g/mol. The molecule has 0 unspecified atom stereocenters. The minimum atomic E-state index is -0.369. The Kier molecular flexibility index (Phi) is 4.80. The highest BCUT2D eigenvalue weighted by Crippen LogP contribution is 2.41. The van der Waals surface area contributed by atoms with Crippen molar-refractivity contribution in [2.75, 3.05) is 5.01 Å². The van der Waals surface area contributed by atoms with Crippen molar-refractivity contribution in [2.45, 2.75) is 0 Å². The van der Waals surface area contributed by atoms with E-state index in [4.69, 9.17) is 23.2 Å². The Bertz CT molecular complexity index is 1490. The van der Waals surface area contributed by atoms with Gasteiger partial charge in [-0.25, -0.2) is 4.68 Å². The van der Waals surface area contributed by atoms with Crippen molar-refractivity contribution in [2.24, 2.45) is 0 Å². The number of carbonyl (C=O) groups is 2. The number of amides is 2. The van der Waals surface area contributed by atoms with Gasteiger partial charge >= 0.3 is 0 Å². The molecule has 0 aliphatic carbocycles. The van der Waals surface area contributed by atoms with Crippen LogP contribution in [0.4, 0.5) is 0 Å². The van der Waals surface area contributed by atoms with Crippen molar-refractivity contribution in [3.05, 3.63) is 118 Å². The molecule has 0 radical (unpaired) electrons. The van der Waals surface area contributed by atoms with Crippen molar-refractivity contribution < 1.29 is 9.59 Å². The van der Waals surface area contributed by atoms with Crippen LogP contribution in [0.1, 0.15) is 20.7 Å². The summed E-state index contributed by atoms with van der Waals surface area (Å²) in [6.07, 6.45) is 0. The van der Waals surface area contributed by atoms with Crippen LogP contribution < -0.4 is 5.01 Å². The topological polar surface area (TPSA) is 42.3 Å². The first kappa shape index (κ1) is 20.7. The smallest absolute Gasteiger partial charge is 0.267 e. The molecule has 0 bridgehead atoms. The van der Waals surface area contributed by atoms with Gasteiger partial charge in [0.25, 0.3) is 11.8 Å². The highest BCUT2D eigenvalue weighted by atomic mass is 35.5. The van der Waals surface area contributed by atoms with Gasteiger partial charge < -0.3 is 0 Å². The Morgan fingerprint density at radius 3 is 1.29 bits per heavy atom. The number of fused-ring (bicyclic) bond motifs is 2. The number of carbonyl (C=O) groups excluding carboxylic acids is 2. The van der Waals surface area contributed by atoms with Gasteiger partial charge in [0.2, 0.25) is 0 Å². The molecular formula is C28H16Cl2N2O2. The van der Waals surface area contributed by atoms with Crippen molar-refractivity contribution in [1.82, 2.24) is 4.68 Å². The second-order valence-electron chi connectivity index (χ2n) is 8.04. The summed E-state index contributed by atoms with van der Waals surface area (Å²) >= 11 is 12.3. The molecule has 0 saturated heterocycles. The summed E-state index contributed by atoms with van der Waals surface area (Å²) in [6.45, 7) is 0. The Morgan fingerprint density at radius 2 is 0.882 bits per heavy atom. The van der Waals surface area contributed by atoms with E-state index in [1.54, 1.807) is 53.2 Å². The molecule has 5 aromatic rings. The molecule has 4 nitrogen and oxygen atoms in total. The van der Waals surface area contributed by atoms with Gasteiger partial charge in [-0.2, -0.15) is 5.01 Å². The van der Waals surface area contributed by atoms with Gasteiger partial charge in [-0.15, -0.1) is 0 Å². The first-order valence-corrected chi connectivity index (χ1v) is 11.4. The van der Waals surface area contributed by atoms with E-state index in [0.717, 1.165) is 33.3 Å². The van der Waals surface area contributed by atoms with Gasteiger partial charge in [0, 0.05) is 31.9 Å². The van der Waals surface area contributed by atoms with Crippen LogP contribution in [0, 0.1) is 0 Å². The third-order valence-corrected chi connectivity index (χ3v) is 6.57. The molecule has 6 rings (SSSR count). The Hall–Kier alpha value is -3.86.